The Morgan fingerprint density at radius 1 is 0.962 bits per heavy atom. The SMILES string of the molecule is Cc1ccc(Cn2c(C)cc(C)c2C(=O)NCc2ccc(F)cc2)cc1. The molecule has 3 rings (SSSR count). The van der Waals surface area contributed by atoms with Gasteiger partial charge in [-0.3, -0.25) is 4.79 Å². The van der Waals surface area contributed by atoms with Crippen molar-refractivity contribution < 1.29 is 9.18 Å². The normalized spacial score (nSPS) is 10.8. The molecule has 0 aliphatic heterocycles. The molecule has 1 amide bonds. The molecule has 134 valence electrons. The summed E-state index contributed by atoms with van der Waals surface area (Å²) in [7, 11) is 0. The van der Waals surface area contributed by atoms with Crippen molar-refractivity contribution in [2.24, 2.45) is 0 Å². The van der Waals surface area contributed by atoms with Gasteiger partial charge in [-0.15, -0.1) is 0 Å². The molecule has 3 aromatic rings. The first kappa shape index (κ1) is 17.9. The van der Waals surface area contributed by atoms with Gasteiger partial charge < -0.3 is 9.88 Å². The quantitative estimate of drug-likeness (QED) is 0.721. The number of carbonyl (C=O) groups excluding carboxylic acids is 1. The third-order valence-electron chi connectivity index (χ3n) is 4.54. The lowest BCUT2D eigenvalue weighted by atomic mass is 10.1. The zero-order valence-corrected chi connectivity index (χ0v) is 15.3. The molecular formula is C22H23FN2O. The molecular weight excluding hydrogens is 327 g/mol. The average molecular weight is 350 g/mol. The van der Waals surface area contributed by atoms with Crippen molar-refractivity contribution in [2.45, 2.75) is 33.9 Å². The predicted molar refractivity (Wildman–Crippen MR) is 102 cm³/mol. The summed E-state index contributed by atoms with van der Waals surface area (Å²) in [5, 5.41) is 2.94. The Kier molecular flexibility index (Phi) is 5.21. The minimum atomic E-state index is -0.279. The van der Waals surface area contributed by atoms with Crippen LogP contribution in [0, 0.1) is 26.6 Å². The largest absolute Gasteiger partial charge is 0.347 e. The van der Waals surface area contributed by atoms with E-state index in [0.717, 1.165) is 22.4 Å². The van der Waals surface area contributed by atoms with Crippen LogP contribution in [0.5, 0.6) is 0 Å². The number of benzene rings is 2. The van der Waals surface area contributed by atoms with Crippen molar-refractivity contribution >= 4 is 5.91 Å². The van der Waals surface area contributed by atoms with E-state index in [2.05, 4.69) is 36.5 Å². The molecule has 2 aromatic carbocycles. The molecule has 0 saturated heterocycles. The lowest BCUT2D eigenvalue weighted by Crippen LogP contribution is -2.26. The molecule has 26 heavy (non-hydrogen) atoms. The zero-order chi connectivity index (χ0) is 18.7. The van der Waals surface area contributed by atoms with Gasteiger partial charge in [-0.25, -0.2) is 4.39 Å². The summed E-state index contributed by atoms with van der Waals surface area (Å²) in [4.78, 5) is 12.8. The lowest BCUT2D eigenvalue weighted by Gasteiger charge is -2.13. The maximum Gasteiger partial charge on any atom is 0.268 e. The van der Waals surface area contributed by atoms with Crippen molar-refractivity contribution in [3.63, 3.8) is 0 Å². The first-order chi connectivity index (χ1) is 12.4. The summed E-state index contributed by atoms with van der Waals surface area (Å²) < 4.78 is 15.0. The fourth-order valence-corrected chi connectivity index (χ4v) is 3.10. The van der Waals surface area contributed by atoms with Crippen LogP contribution in [0.4, 0.5) is 4.39 Å². The van der Waals surface area contributed by atoms with Crippen molar-refractivity contribution in [1.82, 2.24) is 9.88 Å². The number of hydrogen-bond donors (Lipinski definition) is 1. The van der Waals surface area contributed by atoms with Gasteiger partial charge in [-0.2, -0.15) is 0 Å². The van der Waals surface area contributed by atoms with Crippen LogP contribution in [-0.4, -0.2) is 10.5 Å². The van der Waals surface area contributed by atoms with E-state index in [1.54, 1.807) is 12.1 Å². The summed E-state index contributed by atoms with van der Waals surface area (Å²) in [6.07, 6.45) is 0. The van der Waals surface area contributed by atoms with Crippen molar-refractivity contribution in [1.29, 1.82) is 0 Å². The topological polar surface area (TPSA) is 34.0 Å². The fraction of sp³-hybridized carbons (Fsp3) is 0.227. The third-order valence-corrected chi connectivity index (χ3v) is 4.54. The van der Waals surface area contributed by atoms with E-state index in [9.17, 15) is 9.18 Å². The van der Waals surface area contributed by atoms with Crippen LogP contribution < -0.4 is 5.32 Å². The van der Waals surface area contributed by atoms with Crippen LogP contribution in [0.1, 0.15) is 38.4 Å². The Bertz CT molecular complexity index is 909. The Hall–Kier alpha value is -2.88. The van der Waals surface area contributed by atoms with Gasteiger partial charge in [0.15, 0.2) is 0 Å². The van der Waals surface area contributed by atoms with Gasteiger partial charge >= 0.3 is 0 Å². The minimum absolute atomic E-state index is 0.118. The second kappa shape index (κ2) is 7.56. The lowest BCUT2D eigenvalue weighted by molar-refractivity contribution is 0.0941. The fourth-order valence-electron chi connectivity index (χ4n) is 3.10. The van der Waals surface area contributed by atoms with E-state index in [4.69, 9.17) is 0 Å². The van der Waals surface area contributed by atoms with Crippen LogP contribution >= 0.6 is 0 Å². The molecule has 1 heterocycles. The Labute approximate surface area is 153 Å². The third kappa shape index (κ3) is 4.02. The molecule has 0 unspecified atom stereocenters. The first-order valence-corrected chi connectivity index (χ1v) is 8.69. The highest BCUT2D eigenvalue weighted by molar-refractivity contribution is 5.94. The number of carbonyl (C=O) groups is 1. The van der Waals surface area contributed by atoms with Gasteiger partial charge in [0.1, 0.15) is 11.5 Å². The van der Waals surface area contributed by atoms with Crippen LogP contribution in [-0.2, 0) is 13.1 Å². The van der Waals surface area contributed by atoms with Gasteiger partial charge in [-0.1, -0.05) is 42.0 Å². The molecule has 0 radical (unpaired) electrons. The standard InChI is InChI=1S/C22H23FN2O/c1-15-4-6-19(7-5-15)14-25-17(3)12-16(2)21(25)22(26)24-13-18-8-10-20(23)11-9-18/h4-12H,13-14H2,1-3H3,(H,24,26). The smallest absolute Gasteiger partial charge is 0.268 e. The molecule has 1 aromatic heterocycles. The number of aromatic nitrogens is 1. The molecule has 0 spiro atoms. The van der Waals surface area contributed by atoms with Gasteiger partial charge in [0.25, 0.3) is 5.91 Å². The van der Waals surface area contributed by atoms with Crippen LogP contribution in [0.3, 0.4) is 0 Å². The average Bonchev–Trinajstić information content (AvgIpc) is 2.89. The molecule has 0 fully saturated rings. The highest BCUT2D eigenvalue weighted by Gasteiger charge is 2.17. The van der Waals surface area contributed by atoms with E-state index >= 15 is 0 Å². The van der Waals surface area contributed by atoms with E-state index in [-0.39, 0.29) is 11.7 Å². The van der Waals surface area contributed by atoms with E-state index in [1.165, 1.54) is 17.7 Å². The summed E-state index contributed by atoms with van der Waals surface area (Å²) in [6.45, 7) is 7.04. The number of hydrogen-bond acceptors (Lipinski definition) is 1. The molecule has 1 N–H and O–H groups in total. The Balaban J connectivity index is 1.79. The van der Waals surface area contributed by atoms with Gasteiger partial charge in [0.05, 0.1) is 0 Å². The number of halogens is 1. The number of nitrogens with zero attached hydrogens (tertiary/aromatic N) is 1. The van der Waals surface area contributed by atoms with E-state index in [0.29, 0.717) is 18.8 Å². The van der Waals surface area contributed by atoms with Crippen molar-refractivity contribution in [3.05, 3.63) is 94.1 Å². The summed E-state index contributed by atoms with van der Waals surface area (Å²) in [5.74, 6) is -0.398. The molecule has 3 nitrogen and oxygen atoms in total. The molecule has 0 aliphatic carbocycles. The highest BCUT2D eigenvalue weighted by Crippen LogP contribution is 2.18. The predicted octanol–water partition coefficient (Wildman–Crippen LogP) is 4.53. The van der Waals surface area contributed by atoms with Crippen LogP contribution in [0.25, 0.3) is 0 Å². The second-order valence-corrected chi connectivity index (χ2v) is 6.70. The number of aryl methyl sites for hydroxylation is 3. The van der Waals surface area contributed by atoms with Crippen LogP contribution in [0.15, 0.2) is 54.6 Å². The molecule has 0 atom stereocenters. The first-order valence-electron chi connectivity index (χ1n) is 8.69. The van der Waals surface area contributed by atoms with Crippen molar-refractivity contribution in [2.75, 3.05) is 0 Å². The number of amides is 1. The maximum absolute atomic E-state index is 13.0. The zero-order valence-electron chi connectivity index (χ0n) is 15.3. The van der Waals surface area contributed by atoms with Gasteiger partial charge in [0.2, 0.25) is 0 Å². The van der Waals surface area contributed by atoms with E-state index in [1.807, 2.05) is 24.5 Å². The summed E-state index contributed by atoms with van der Waals surface area (Å²) in [6, 6.07) is 16.5. The monoisotopic (exact) mass is 350 g/mol. The van der Waals surface area contributed by atoms with Crippen LogP contribution in [0.2, 0.25) is 0 Å². The Morgan fingerprint density at radius 3 is 2.23 bits per heavy atom. The number of rotatable bonds is 5. The molecule has 4 heteroatoms. The van der Waals surface area contributed by atoms with Gasteiger partial charge in [-0.05, 0) is 55.7 Å². The maximum atomic E-state index is 13.0. The highest BCUT2D eigenvalue weighted by atomic mass is 19.1. The van der Waals surface area contributed by atoms with Gasteiger partial charge in [0, 0.05) is 18.8 Å². The molecule has 0 aliphatic rings. The molecule has 0 bridgehead atoms. The van der Waals surface area contributed by atoms with E-state index < -0.39 is 0 Å². The Morgan fingerprint density at radius 2 is 1.58 bits per heavy atom. The number of nitrogens with one attached hydrogen (secondary N) is 1. The molecule has 0 saturated carbocycles. The van der Waals surface area contributed by atoms with Crippen molar-refractivity contribution in [3.8, 4) is 0 Å². The second-order valence-electron chi connectivity index (χ2n) is 6.70. The summed E-state index contributed by atoms with van der Waals surface area (Å²) >= 11 is 0. The minimum Gasteiger partial charge on any atom is -0.347 e. The summed E-state index contributed by atoms with van der Waals surface area (Å²) in [5.41, 5.74) is 5.91.